The van der Waals surface area contributed by atoms with Gasteiger partial charge in [-0.05, 0) is 23.7 Å². The van der Waals surface area contributed by atoms with E-state index in [2.05, 4.69) is 0 Å². The molecule has 0 aromatic heterocycles. The topological polar surface area (TPSA) is 74.6 Å². The Bertz CT molecular complexity index is 340. The van der Waals surface area contributed by atoms with E-state index in [1.165, 1.54) is 12.2 Å². The second-order valence-electron chi connectivity index (χ2n) is 6.17. The largest absolute Gasteiger partial charge is 0.478 e. The molecule has 0 aromatic rings. The molecular weight excluding hydrogens is 244 g/mol. The Kier molecular flexibility index (Phi) is 6.53. The summed E-state index contributed by atoms with van der Waals surface area (Å²) >= 11 is 0. The average molecular weight is 268 g/mol. The molecule has 0 saturated carbocycles. The van der Waals surface area contributed by atoms with Crippen LogP contribution in [0.3, 0.4) is 0 Å². The fourth-order valence-corrected chi connectivity index (χ4v) is 1.76. The Morgan fingerprint density at radius 3 is 1.42 bits per heavy atom. The fraction of sp³-hybridized carbons (Fsp3) is 0.600. The zero-order valence-corrected chi connectivity index (χ0v) is 12.1. The van der Waals surface area contributed by atoms with Gasteiger partial charge in [-0.3, -0.25) is 0 Å². The number of carboxylic acids is 2. The Labute approximate surface area is 114 Å². The molecule has 19 heavy (non-hydrogen) atoms. The minimum Gasteiger partial charge on any atom is -0.478 e. The summed E-state index contributed by atoms with van der Waals surface area (Å²) in [5, 5.41) is 17.2. The molecule has 0 fully saturated rings. The smallest absolute Gasteiger partial charge is 0.327 e. The molecule has 2 N–H and O–H groups in total. The highest BCUT2D eigenvalue weighted by atomic mass is 16.4. The van der Waals surface area contributed by atoms with Gasteiger partial charge in [-0.25, -0.2) is 9.59 Å². The Balaban J connectivity index is 4.28. The average Bonchev–Trinajstić information content (AvgIpc) is 2.23. The van der Waals surface area contributed by atoms with Crippen molar-refractivity contribution in [1.29, 1.82) is 0 Å². The fourth-order valence-electron chi connectivity index (χ4n) is 1.76. The highest BCUT2D eigenvalue weighted by Crippen LogP contribution is 2.30. The van der Waals surface area contributed by atoms with Gasteiger partial charge >= 0.3 is 11.9 Å². The van der Waals surface area contributed by atoms with Crippen molar-refractivity contribution in [3.63, 3.8) is 0 Å². The molecule has 0 saturated heterocycles. The summed E-state index contributed by atoms with van der Waals surface area (Å²) < 4.78 is 0. The first-order chi connectivity index (χ1) is 8.54. The summed E-state index contributed by atoms with van der Waals surface area (Å²) in [6.07, 6.45) is 8.39. The van der Waals surface area contributed by atoms with Crippen LogP contribution in [0.5, 0.6) is 0 Å². The molecular formula is C15H24O4. The third kappa shape index (κ3) is 10.1. The minimum absolute atomic E-state index is 0.162. The van der Waals surface area contributed by atoms with Crippen molar-refractivity contribution >= 4 is 11.9 Å². The van der Waals surface area contributed by atoms with Gasteiger partial charge in [-0.2, -0.15) is 0 Å². The van der Waals surface area contributed by atoms with Crippen LogP contribution >= 0.6 is 0 Å². The minimum atomic E-state index is -0.933. The SMILES string of the molecule is CC(C)(C=CC(=O)O)CCCC(C)(C)C=CC(=O)O. The molecule has 4 heteroatoms. The maximum Gasteiger partial charge on any atom is 0.327 e. The third-order valence-electron chi connectivity index (χ3n) is 3.00. The van der Waals surface area contributed by atoms with E-state index < -0.39 is 11.9 Å². The number of rotatable bonds is 8. The van der Waals surface area contributed by atoms with Crippen molar-refractivity contribution in [2.75, 3.05) is 0 Å². The number of aliphatic carboxylic acids is 2. The maximum absolute atomic E-state index is 10.5. The monoisotopic (exact) mass is 268 g/mol. The van der Waals surface area contributed by atoms with Gasteiger partial charge < -0.3 is 10.2 Å². The molecule has 0 atom stereocenters. The molecule has 0 aromatic carbocycles. The molecule has 108 valence electrons. The predicted molar refractivity (Wildman–Crippen MR) is 75.0 cm³/mol. The van der Waals surface area contributed by atoms with Crippen molar-refractivity contribution in [2.24, 2.45) is 10.8 Å². The van der Waals surface area contributed by atoms with E-state index in [4.69, 9.17) is 10.2 Å². The van der Waals surface area contributed by atoms with Gasteiger partial charge in [0, 0.05) is 12.2 Å². The van der Waals surface area contributed by atoms with Crippen molar-refractivity contribution in [3.8, 4) is 0 Å². The first kappa shape index (κ1) is 17.4. The van der Waals surface area contributed by atoms with Crippen LogP contribution in [0.4, 0.5) is 0 Å². The summed E-state index contributed by atoms with van der Waals surface area (Å²) in [6, 6.07) is 0. The lowest BCUT2D eigenvalue weighted by molar-refractivity contribution is -0.132. The van der Waals surface area contributed by atoms with Gasteiger partial charge in [-0.15, -0.1) is 0 Å². The van der Waals surface area contributed by atoms with Gasteiger partial charge in [0.15, 0.2) is 0 Å². The van der Waals surface area contributed by atoms with Crippen LogP contribution < -0.4 is 0 Å². The number of carboxylic acid groups (broad SMARTS) is 2. The van der Waals surface area contributed by atoms with E-state index in [0.29, 0.717) is 0 Å². The quantitative estimate of drug-likeness (QED) is 0.661. The van der Waals surface area contributed by atoms with E-state index in [9.17, 15) is 9.59 Å². The zero-order chi connectivity index (χ0) is 15.1. The second-order valence-corrected chi connectivity index (χ2v) is 6.17. The molecule has 0 spiro atoms. The molecule has 0 amide bonds. The van der Waals surface area contributed by atoms with Crippen molar-refractivity contribution in [1.82, 2.24) is 0 Å². The van der Waals surface area contributed by atoms with Gasteiger partial charge in [0.25, 0.3) is 0 Å². The van der Waals surface area contributed by atoms with Crippen LogP contribution in [0.25, 0.3) is 0 Å². The zero-order valence-electron chi connectivity index (χ0n) is 12.1. The van der Waals surface area contributed by atoms with Crippen LogP contribution in [0.15, 0.2) is 24.3 Å². The van der Waals surface area contributed by atoms with E-state index >= 15 is 0 Å². The van der Waals surface area contributed by atoms with Crippen LogP contribution in [0.1, 0.15) is 47.0 Å². The summed E-state index contributed by atoms with van der Waals surface area (Å²) in [5.74, 6) is -1.87. The molecule has 4 nitrogen and oxygen atoms in total. The number of hydrogen-bond donors (Lipinski definition) is 2. The normalized spacial score (nSPS) is 13.3. The van der Waals surface area contributed by atoms with Crippen LogP contribution in [0, 0.1) is 10.8 Å². The van der Waals surface area contributed by atoms with Crippen LogP contribution in [0.2, 0.25) is 0 Å². The molecule has 0 aliphatic carbocycles. The lowest BCUT2D eigenvalue weighted by atomic mass is 9.81. The summed E-state index contributed by atoms with van der Waals surface area (Å²) in [5.41, 5.74) is -0.323. The molecule has 0 aliphatic heterocycles. The van der Waals surface area contributed by atoms with Gasteiger partial charge in [0.05, 0.1) is 0 Å². The van der Waals surface area contributed by atoms with Gasteiger partial charge in [0.2, 0.25) is 0 Å². The molecule has 0 bridgehead atoms. The number of allylic oxidation sites excluding steroid dienone is 2. The Hall–Kier alpha value is -1.58. The predicted octanol–water partition coefficient (Wildman–Crippen LogP) is 3.49. The number of hydrogen-bond acceptors (Lipinski definition) is 2. The highest BCUT2D eigenvalue weighted by Gasteiger charge is 2.18. The van der Waals surface area contributed by atoms with Crippen molar-refractivity contribution in [2.45, 2.75) is 47.0 Å². The lowest BCUT2D eigenvalue weighted by Crippen LogP contribution is -2.12. The molecule has 0 unspecified atom stereocenters. The molecule has 0 aliphatic rings. The van der Waals surface area contributed by atoms with E-state index in [1.54, 1.807) is 12.2 Å². The van der Waals surface area contributed by atoms with Crippen molar-refractivity contribution < 1.29 is 19.8 Å². The second kappa shape index (κ2) is 7.12. The van der Waals surface area contributed by atoms with E-state index in [-0.39, 0.29) is 10.8 Å². The van der Waals surface area contributed by atoms with E-state index in [1.807, 2.05) is 27.7 Å². The maximum atomic E-state index is 10.5. The molecule has 0 heterocycles. The summed E-state index contributed by atoms with van der Waals surface area (Å²) in [6.45, 7) is 7.97. The van der Waals surface area contributed by atoms with Gasteiger partial charge in [-0.1, -0.05) is 46.3 Å². The standard InChI is InChI=1S/C15H24O4/c1-14(2,10-6-12(16)17)8-5-9-15(3,4)11-7-13(18)19/h6-7,10-11H,5,8-9H2,1-4H3,(H,16,17)(H,18,19). The summed E-state index contributed by atoms with van der Waals surface area (Å²) in [7, 11) is 0. The molecule has 0 radical (unpaired) electrons. The third-order valence-corrected chi connectivity index (χ3v) is 3.00. The molecule has 0 rings (SSSR count). The first-order valence-corrected chi connectivity index (χ1v) is 6.38. The van der Waals surface area contributed by atoms with Gasteiger partial charge in [0.1, 0.15) is 0 Å². The Morgan fingerprint density at radius 2 is 1.16 bits per heavy atom. The number of carbonyl (C=O) groups is 2. The lowest BCUT2D eigenvalue weighted by Gasteiger charge is -2.24. The van der Waals surface area contributed by atoms with Crippen LogP contribution in [-0.4, -0.2) is 22.2 Å². The van der Waals surface area contributed by atoms with E-state index in [0.717, 1.165) is 19.3 Å². The Morgan fingerprint density at radius 1 is 0.842 bits per heavy atom. The highest BCUT2D eigenvalue weighted by molar-refractivity contribution is 5.80. The summed E-state index contributed by atoms with van der Waals surface area (Å²) in [4.78, 5) is 21.0. The van der Waals surface area contributed by atoms with Crippen LogP contribution in [-0.2, 0) is 9.59 Å². The first-order valence-electron chi connectivity index (χ1n) is 6.38. The van der Waals surface area contributed by atoms with Crippen molar-refractivity contribution in [3.05, 3.63) is 24.3 Å².